The number of benzene rings is 1. The summed E-state index contributed by atoms with van der Waals surface area (Å²) in [4.78, 5) is 0. The first-order valence-corrected chi connectivity index (χ1v) is 5.80. The van der Waals surface area contributed by atoms with E-state index < -0.39 is 0 Å². The third-order valence-corrected chi connectivity index (χ3v) is 2.55. The minimum absolute atomic E-state index is 0.944. The summed E-state index contributed by atoms with van der Waals surface area (Å²) in [5, 5.41) is 3.31. The summed E-state index contributed by atoms with van der Waals surface area (Å²) in [6.07, 6.45) is 3.30. The molecule has 0 aliphatic heterocycles. The molecule has 0 fully saturated rings. The standard InChI is InChI=1S/C14H21NO/c1-4-15-11-7-8-12(2)13-9-5-6-10-14(13)16-3/h5-6,8-10,15H,4,7,11H2,1-3H3. The van der Waals surface area contributed by atoms with Gasteiger partial charge in [0.1, 0.15) is 5.75 Å². The Bertz CT molecular complexity index is 344. The normalized spacial score (nSPS) is 11.6. The van der Waals surface area contributed by atoms with Crippen molar-refractivity contribution in [3.05, 3.63) is 35.9 Å². The fraction of sp³-hybridized carbons (Fsp3) is 0.429. The van der Waals surface area contributed by atoms with Gasteiger partial charge in [-0.3, -0.25) is 0 Å². The maximum absolute atomic E-state index is 5.34. The monoisotopic (exact) mass is 219 g/mol. The lowest BCUT2D eigenvalue weighted by atomic mass is 10.1. The van der Waals surface area contributed by atoms with Crippen molar-refractivity contribution in [3.8, 4) is 5.75 Å². The van der Waals surface area contributed by atoms with Crippen LogP contribution < -0.4 is 10.1 Å². The first-order chi connectivity index (χ1) is 7.79. The lowest BCUT2D eigenvalue weighted by Crippen LogP contribution is -2.13. The van der Waals surface area contributed by atoms with Gasteiger partial charge >= 0.3 is 0 Å². The second kappa shape index (κ2) is 7.07. The van der Waals surface area contributed by atoms with Gasteiger partial charge in [0.25, 0.3) is 0 Å². The van der Waals surface area contributed by atoms with E-state index in [1.807, 2.05) is 18.2 Å². The fourth-order valence-corrected chi connectivity index (χ4v) is 1.65. The zero-order valence-electron chi connectivity index (χ0n) is 10.4. The second-order valence-electron chi connectivity index (χ2n) is 3.73. The summed E-state index contributed by atoms with van der Waals surface area (Å²) in [7, 11) is 1.71. The third kappa shape index (κ3) is 3.70. The van der Waals surface area contributed by atoms with Gasteiger partial charge < -0.3 is 10.1 Å². The Morgan fingerprint density at radius 1 is 1.38 bits per heavy atom. The smallest absolute Gasteiger partial charge is 0.126 e. The van der Waals surface area contributed by atoms with Crippen LogP contribution in [0.4, 0.5) is 0 Å². The van der Waals surface area contributed by atoms with Crippen molar-refractivity contribution < 1.29 is 4.74 Å². The fourth-order valence-electron chi connectivity index (χ4n) is 1.65. The molecule has 1 aromatic rings. The van der Waals surface area contributed by atoms with Crippen LogP contribution in [0.25, 0.3) is 5.57 Å². The molecule has 0 bridgehead atoms. The highest BCUT2D eigenvalue weighted by atomic mass is 16.5. The maximum atomic E-state index is 5.34. The van der Waals surface area contributed by atoms with Crippen LogP contribution in [0.3, 0.4) is 0 Å². The molecule has 0 spiro atoms. The van der Waals surface area contributed by atoms with Gasteiger partial charge in [-0.15, -0.1) is 0 Å². The molecule has 0 atom stereocenters. The van der Waals surface area contributed by atoms with E-state index in [0.717, 1.165) is 25.3 Å². The maximum Gasteiger partial charge on any atom is 0.126 e. The minimum atomic E-state index is 0.944. The predicted molar refractivity (Wildman–Crippen MR) is 69.8 cm³/mol. The number of hydrogen-bond donors (Lipinski definition) is 1. The molecule has 88 valence electrons. The van der Waals surface area contributed by atoms with Gasteiger partial charge in [0.05, 0.1) is 7.11 Å². The van der Waals surface area contributed by atoms with Crippen molar-refractivity contribution in [2.24, 2.45) is 0 Å². The van der Waals surface area contributed by atoms with Crippen LogP contribution in [0.15, 0.2) is 30.3 Å². The Balaban J connectivity index is 2.67. The zero-order chi connectivity index (χ0) is 11.8. The Morgan fingerprint density at radius 2 is 2.12 bits per heavy atom. The third-order valence-electron chi connectivity index (χ3n) is 2.55. The van der Waals surface area contributed by atoms with E-state index in [4.69, 9.17) is 4.74 Å². The number of methoxy groups -OCH3 is 1. The molecule has 1 aromatic carbocycles. The topological polar surface area (TPSA) is 21.3 Å². The van der Waals surface area contributed by atoms with E-state index in [2.05, 4.69) is 31.3 Å². The van der Waals surface area contributed by atoms with Gasteiger partial charge in [0.15, 0.2) is 0 Å². The summed E-state index contributed by atoms with van der Waals surface area (Å²) in [5.74, 6) is 0.944. The van der Waals surface area contributed by atoms with Crippen LogP contribution in [-0.2, 0) is 0 Å². The summed E-state index contributed by atoms with van der Waals surface area (Å²) < 4.78 is 5.34. The molecule has 0 aliphatic rings. The molecule has 16 heavy (non-hydrogen) atoms. The van der Waals surface area contributed by atoms with Crippen LogP contribution in [-0.4, -0.2) is 20.2 Å². The molecule has 0 aliphatic carbocycles. The van der Waals surface area contributed by atoms with Gasteiger partial charge in [0.2, 0.25) is 0 Å². The minimum Gasteiger partial charge on any atom is -0.496 e. The molecule has 0 unspecified atom stereocenters. The Labute approximate surface area is 98.3 Å². The van der Waals surface area contributed by atoms with E-state index in [9.17, 15) is 0 Å². The van der Waals surface area contributed by atoms with Gasteiger partial charge in [-0.2, -0.15) is 0 Å². The number of allylic oxidation sites excluding steroid dienone is 1. The molecule has 1 rings (SSSR count). The van der Waals surface area contributed by atoms with Crippen molar-refractivity contribution in [3.63, 3.8) is 0 Å². The van der Waals surface area contributed by atoms with E-state index in [0.29, 0.717) is 0 Å². The highest BCUT2D eigenvalue weighted by molar-refractivity contribution is 5.68. The number of rotatable bonds is 6. The molecule has 2 heteroatoms. The van der Waals surface area contributed by atoms with Crippen LogP contribution in [0.2, 0.25) is 0 Å². The lowest BCUT2D eigenvalue weighted by molar-refractivity contribution is 0.413. The molecular weight excluding hydrogens is 198 g/mol. The molecule has 0 saturated carbocycles. The van der Waals surface area contributed by atoms with Gasteiger partial charge in [-0.05, 0) is 38.1 Å². The molecule has 0 saturated heterocycles. The van der Waals surface area contributed by atoms with E-state index in [1.54, 1.807) is 7.11 Å². The number of para-hydroxylation sites is 1. The Morgan fingerprint density at radius 3 is 2.81 bits per heavy atom. The van der Waals surface area contributed by atoms with Crippen LogP contribution >= 0.6 is 0 Å². The van der Waals surface area contributed by atoms with Crippen LogP contribution in [0.1, 0.15) is 25.8 Å². The van der Waals surface area contributed by atoms with E-state index in [-0.39, 0.29) is 0 Å². The molecule has 0 heterocycles. The van der Waals surface area contributed by atoms with Crippen molar-refractivity contribution in [1.29, 1.82) is 0 Å². The van der Waals surface area contributed by atoms with E-state index >= 15 is 0 Å². The molecule has 2 nitrogen and oxygen atoms in total. The first kappa shape index (κ1) is 12.8. The largest absolute Gasteiger partial charge is 0.496 e. The molecule has 1 N–H and O–H groups in total. The van der Waals surface area contributed by atoms with Crippen molar-refractivity contribution in [1.82, 2.24) is 5.32 Å². The quantitative estimate of drug-likeness (QED) is 0.742. The molecule has 0 amide bonds. The Kier molecular flexibility index (Phi) is 5.65. The highest BCUT2D eigenvalue weighted by Gasteiger charge is 2.02. The van der Waals surface area contributed by atoms with Crippen molar-refractivity contribution >= 4 is 5.57 Å². The highest BCUT2D eigenvalue weighted by Crippen LogP contribution is 2.25. The van der Waals surface area contributed by atoms with Gasteiger partial charge in [-0.1, -0.05) is 31.2 Å². The summed E-state index contributed by atoms with van der Waals surface area (Å²) in [6.45, 7) is 6.31. The molecular formula is C14H21NO. The average Bonchev–Trinajstić information content (AvgIpc) is 2.34. The Hall–Kier alpha value is -1.28. The number of hydrogen-bond acceptors (Lipinski definition) is 2. The summed E-state index contributed by atoms with van der Waals surface area (Å²) in [5.41, 5.74) is 2.46. The van der Waals surface area contributed by atoms with Gasteiger partial charge in [0, 0.05) is 5.56 Å². The molecule has 0 aromatic heterocycles. The summed E-state index contributed by atoms with van der Waals surface area (Å²) in [6, 6.07) is 8.13. The van der Waals surface area contributed by atoms with Crippen LogP contribution in [0.5, 0.6) is 5.75 Å². The van der Waals surface area contributed by atoms with Gasteiger partial charge in [-0.25, -0.2) is 0 Å². The van der Waals surface area contributed by atoms with E-state index in [1.165, 1.54) is 11.1 Å². The predicted octanol–water partition coefficient (Wildman–Crippen LogP) is 3.10. The van der Waals surface area contributed by atoms with Crippen molar-refractivity contribution in [2.75, 3.05) is 20.2 Å². The average molecular weight is 219 g/mol. The lowest BCUT2D eigenvalue weighted by Gasteiger charge is -2.08. The van der Waals surface area contributed by atoms with Crippen molar-refractivity contribution in [2.45, 2.75) is 20.3 Å². The SMILES string of the molecule is CCNCCC=C(C)c1ccccc1OC. The van der Waals surface area contributed by atoms with Crippen LogP contribution in [0, 0.1) is 0 Å². The molecule has 0 radical (unpaired) electrons. The summed E-state index contributed by atoms with van der Waals surface area (Å²) >= 11 is 0. The second-order valence-corrected chi connectivity index (χ2v) is 3.73. The first-order valence-electron chi connectivity index (χ1n) is 5.80. The number of nitrogens with one attached hydrogen (secondary N) is 1. The zero-order valence-corrected chi connectivity index (χ0v) is 10.4. The number of ether oxygens (including phenoxy) is 1.